The molecule has 1 amide bonds. The first-order valence-corrected chi connectivity index (χ1v) is 9.11. The lowest BCUT2D eigenvalue weighted by Gasteiger charge is -2.20. The summed E-state index contributed by atoms with van der Waals surface area (Å²) in [5.74, 6) is -2.20. The largest absolute Gasteiger partial charge is 0.408 e. The number of aryl methyl sites for hydroxylation is 1. The normalized spacial score (nSPS) is 15.1. The number of nitrogens with zero attached hydrogens (tertiary/aromatic N) is 4. The highest BCUT2D eigenvalue weighted by Crippen LogP contribution is 2.40. The van der Waals surface area contributed by atoms with Crippen molar-refractivity contribution in [3.05, 3.63) is 53.4 Å². The van der Waals surface area contributed by atoms with Gasteiger partial charge in [0, 0.05) is 11.3 Å². The molecule has 1 aromatic carbocycles. The standard InChI is InChI=1S/C20H15F4N5O/c1-10-6-15(14-5-4-13(21)7-12(14)8-25)27-18-16(26-9-29(10)18)19(30)28-17(11-2-3-11)20(22,23)24/h4-7,9,11,17H,2-3H2,1H3,(H,28,30). The van der Waals surface area contributed by atoms with Crippen molar-refractivity contribution < 1.29 is 22.4 Å². The Bertz CT molecular complexity index is 1190. The number of carbonyl (C=O) groups excluding carboxylic acids is 1. The maximum atomic E-state index is 13.5. The number of hydrogen-bond donors (Lipinski definition) is 1. The summed E-state index contributed by atoms with van der Waals surface area (Å²) in [7, 11) is 0. The van der Waals surface area contributed by atoms with E-state index in [-0.39, 0.29) is 22.6 Å². The average molecular weight is 417 g/mol. The zero-order valence-corrected chi connectivity index (χ0v) is 15.7. The van der Waals surface area contributed by atoms with Crippen molar-refractivity contribution in [2.24, 2.45) is 5.92 Å². The summed E-state index contributed by atoms with van der Waals surface area (Å²) in [6.07, 6.45) is -2.46. The molecule has 30 heavy (non-hydrogen) atoms. The van der Waals surface area contributed by atoms with Gasteiger partial charge in [0.1, 0.15) is 18.2 Å². The monoisotopic (exact) mass is 417 g/mol. The Labute approximate surface area is 168 Å². The molecule has 2 aromatic heterocycles. The van der Waals surface area contributed by atoms with Gasteiger partial charge in [-0.05, 0) is 49.9 Å². The molecule has 1 aliphatic rings. The van der Waals surface area contributed by atoms with Crippen LogP contribution in [0.2, 0.25) is 0 Å². The fourth-order valence-electron chi connectivity index (χ4n) is 3.36. The molecular weight excluding hydrogens is 402 g/mol. The smallest absolute Gasteiger partial charge is 0.339 e. The number of alkyl halides is 3. The number of benzene rings is 1. The molecule has 0 aliphatic heterocycles. The topological polar surface area (TPSA) is 83.1 Å². The number of fused-ring (bicyclic) bond motifs is 1. The molecule has 3 aromatic rings. The molecule has 154 valence electrons. The van der Waals surface area contributed by atoms with E-state index in [0.717, 1.165) is 6.07 Å². The van der Waals surface area contributed by atoms with E-state index < -0.39 is 29.9 Å². The number of nitrogens with one attached hydrogen (secondary N) is 1. The summed E-state index contributed by atoms with van der Waals surface area (Å²) >= 11 is 0. The molecule has 1 N–H and O–H groups in total. The lowest BCUT2D eigenvalue weighted by atomic mass is 10.0. The fraction of sp³-hybridized carbons (Fsp3) is 0.300. The van der Waals surface area contributed by atoms with Gasteiger partial charge in [-0.2, -0.15) is 18.4 Å². The van der Waals surface area contributed by atoms with Gasteiger partial charge in [0.05, 0.1) is 17.3 Å². The van der Waals surface area contributed by atoms with Gasteiger partial charge in [-0.1, -0.05) is 0 Å². The van der Waals surface area contributed by atoms with Gasteiger partial charge in [-0.25, -0.2) is 14.4 Å². The number of amides is 1. The number of aromatic nitrogens is 3. The van der Waals surface area contributed by atoms with Gasteiger partial charge in [-0.3, -0.25) is 9.20 Å². The maximum Gasteiger partial charge on any atom is 0.408 e. The minimum absolute atomic E-state index is 0.0441. The highest BCUT2D eigenvalue weighted by atomic mass is 19.4. The van der Waals surface area contributed by atoms with Crippen molar-refractivity contribution in [1.29, 1.82) is 5.26 Å². The molecular formula is C20H15F4N5O. The predicted octanol–water partition coefficient (Wildman–Crippen LogP) is 3.79. The first kappa shape index (κ1) is 19.8. The van der Waals surface area contributed by atoms with E-state index in [9.17, 15) is 27.6 Å². The minimum Gasteiger partial charge on any atom is -0.339 e. The van der Waals surface area contributed by atoms with Crippen LogP contribution in [0.4, 0.5) is 17.6 Å². The molecule has 4 rings (SSSR count). The average Bonchev–Trinajstić information content (AvgIpc) is 3.42. The molecule has 10 heteroatoms. The molecule has 1 aliphatic carbocycles. The van der Waals surface area contributed by atoms with Crippen molar-refractivity contribution in [2.75, 3.05) is 0 Å². The number of carbonyl (C=O) groups is 1. The maximum absolute atomic E-state index is 13.5. The molecule has 1 saturated carbocycles. The first-order valence-electron chi connectivity index (χ1n) is 9.11. The van der Waals surface area contributed by atoms with E-state index in [1.165, 1.54) is 22.9 Å². The first-order chi connectivity index (χ1) is 14.2. The van der Waals surface area contributed by atoms with E-state index in [0.29, 0.717) is 24.1 Å². The Kier molecular flexibility index (Phi) is 4.68. The third kappa shape index (κ3) is 3.58. The number of rotatable bonds is 4. The van der Waals surface area contributed by atoms with Crippen LogP contribution in [0.15, 0.2) is 30.6 Å². The molecule has 0 radical (unpaired) electrons. The Balaban J connectivity index is 1.76. The quantitative estimate of drug-likeness (QED) is 0.655. The van der Waals surface area contributed by atoms with E-state index >= 15 is 0 Å². The van der Waals surface area contributed by atoms with Gasteiger partial charge in [0.25, 0.3) is 5.91 Å². The molecule has 0 saturated heterocycles. The zero-order valence-electron chi connectivity index (χ0n) is 15.7. The number of halogens is 4. The summed E-state index contributed by atoms with van der Waals surface area (Å²) < 4.78 is 54.8. The molecule has 1 atom stereocenters. The molecule has 0 bridgehead atoms. The second-order valence-corrected chi connectivity index (χ2v) is 7.20. The van der Waals surface area contributed by atoms with Gasteiger partial charge < -0.3 is 5.32 Å². The van der Waals surface area contributed by atoms with Crippen molar-refractivity contribution in [3.63, 3.8) is 0 Å². The van der Waals surface area contributed by atoms with Crippen molar-refractivity contribution in [1.82, 2.24) is 19.7 Å². The summed E-state index contributed by atoms with van der Waals surface area (Å²) in [5.41, 5.74) is 1.04. The Morgan fingerprint density at radius 2 is 2.07 bits per heavy atom. The van der Waals surface area contributed by atoms with E-state index in [4.69, 9.17) is 0 Å². The number of imidazole rings is 1. The van der Waals surface area contributed by atoms with Crippen LogP contribution in [0, 0.1) is 30.0 Å². The van der Waals surface area contributed by atoms with Crippen LogP contribution in [0.3, 0.4) is 0 Å². The fourth-order valence-corrected chi connectivity index (χ4v) is 3.36. The molecule has 6 nitrogen and oxygen atoms in total. The van der Waals surface area contributed by atoms with Crippen LogP contribution in [-0.2, 0) is 0 Å². The van der Waals surface area contributed by atoms with E-state index in [1.54, 1.807) is 13.0 Å². The summed E-state index contributed by atoms with van der Waals surface area (Å²) in [6, 6.07) is 5.19. The van der Waals surface area contributed by atoms with Crippen LogP contribution in [0.5, 0.6) is 0 Å². The highest BCUT2D eigenvalue weighted by Gasteiger charge is 2.50. The summed E-state index contributed by atoms with van der Waals surface area (Å²) in [5, 5.41) is 11.3. The van der Waals surface area contributed by atoms with E-state index in [1.807, 2.05) is 11.4 Å². The van der Waals surface area contributed by atoms with Crippen molar-refractivity contribution in [2.45, 2.75) is 32.0 Å². The Morgan fingerprint density at radius 1 is 1.33 bits per heavy atom. The zero-order chi connectivity index (χ0) is 21.6. The highest BCUT2D eigenvalue weighted by molar-refractivity contribution is 5.98. The Hall–Kier alpha value is -3.48. The molecule has 0 spiro atoms. The third-order valence-corrected chi connectivity index (χ3v) is 5.02. The van der Waals surface area contributed by atoms with Crippen LogP contribution in [0.25, 0.3) is 16.9 Å². The van der Waals surface area contributed by atoms with Crippen LogP contribution < -0.4 is 5.32 Å². The van der Waals surface area contributed by atoms with Gasteiger partial charge in [0.15, 0.2) is 11.3 Å². The van der Waals surface area contributed by atoms with E-state index in [2.05, 4.69) is 9.97 Å². The van der Waals surface area contributed by atoms with Crippen LogP contribution in [0.1, 0.15) is 34.6 Å². The predicted molar refractivity (Wildman–Crippen MR) is 97.9 cm³/mol. The van der Waals surface area contributed by atoms with Gasteiger partial charge in [0.2, 0.25) is 0 Å². The minimum atomic E-state index is -4.56. The number of nitriles is 1. The lowest BCUT2D eigenvalue weighted by Crippen LogP contribution is -2.47. The number of hydrogen-bond acceptors (Lipinski definition) is 4. The Morgan fingerprint density at radius 3 is 2.70 bits per heavy atom. The molecule has 1 unspecified atom stereocenters. The molecule has 2 heterocycles. The van der Waals surface area contributed by atoms with Crippen LogP contribution in [-0.4, -0.2) is 32.5 Å². The second kappa shape index (κ2) is 7.09. The summed E-state index contributed by atoms with van der Waals surface area (Å²) in [4.78, 5) is 20.9. The summed E-state index contributed by atoms with van der Waals surface area (Å²) in [6.45, 7) is 1.69. The SMILES string of the molecule is Cc1cc(-c2ccc(F)cc2C#N)nc2c(C(=O)NC(C3CC3)C(F)(F)F)ncn12. The van der Waals surface area contributed by atoms with Crippen molar-refractivity contribution >= 4 is 11.6 Å². The third-order valence-electron chi connectivity index (χ3n) is 5.02. The van der Waals surface area contributed by atoms with Gasteiger partial charge >= 0.3 is 6.18 Å². The lowest BCUT2D eigenvalue weighted by molar-refractivity contribution is -0.158. The van der Waals surface area contributed by atoms with Crippen LogP contribution >= 0.6 is 0 Å². The van der Waals surface area contributed by atoms with Crippen molar-refractivity contribution in [3.8, 4) is 17.3 Å². The molecule has 1 fully saturated rings. The van der Waals surface area contributed by atoms with Gasteiger partial charge in [-0.15, -0.1) is 0 Å². The second-order valence-electron chi connectivity index (χ2n) is 7.20.